The van der Waals surface area contributed by atoms with Crippen LogP contribution < -0.4 is 5.32 Å². The van der Waals surface area contributed by atoms with Crippen molar-refractivity contribution in [2.45, 2.75) is 0 Å². The molecule has 0 amide bonds. The van der Waals surface area contributed by atoms with Gasteiger partial charge in [-0.3, -0.25) is 4.79 Å². The van der Waals surface area contributed by atoms with Gasteiger partial charge in [-0.25, -0.2) is 4.79 Å². The molecule has 1 aromatic rings. The highest BCUT2D eigenvalue weighted by Gasteiger charge is 2.26. The summed E-state index contributed by atoms with van der Waals surface area (Å²) in [5, 5.41) is 13.0. The number of carboxylic acids is 1. The van der Waals surface area contributed by atoms with Crippen LogP contribution in [0.3, 0.4) is 0 Å². The molecule has 0 bridgehead atoms. The molecule has 1 aromatic heterocycles. The SMILES string of the molecule is O=C1CNc2c1csc2C(=O)O. The highest BCUT2D eigenvalue weighted by molar-refractivity contribution is 7.13. The van der Waals surface area contributed by atoms with Crippen LogP contribution in [0.25, 0.3) is 0 Å². The first-order valence-electron chi connectivity index (χ1n) is 3.32. The van der Waals surface area contributed by atoms with E-state index in [1.165, 1.54) is 0 Å². The quantitative estimate of drug-likeness (QED) is 0.683. The van der Waals surface area contributed by atoms with Crippen LogP contribution in [0.2, 0.25) is 0 Å². The van der Waals surface area contributed by atoms with Crippen LogP contribution in [-0.4, -0.2) is 23.4 Å². The van der Waals surface area contributed by atoms with Crippen molar-refractivity contribution in [3.63, 3.8) is 0 Å². The van der Waals surface area contributed by atoms with Crippen molar-refractivity contribution in [3.8, 4) is 0 Å². The zero-order valence-electron chi connectivity index (χ0n) is 5.96. The summed E-state index contributed by atoms with van der Waals surface area (Å²) in [5.41, 5.74) is 0.995. The molecule has 2 N–H and O–H groups in total. The number of carbonyl (C=O) groups is 2. The third-order valence-electron chi connectivity index (χ3n) is 1.71. The molecular formula is C7H5NO3S. The number of rotatable bonds is 1. The van der Waals surface area contributed by atoms with Crippen molar-refractivity contribution in [1.29, 1.82) is 0 Å². The molecule has 0 unspecified atom stereocenters. The van der Waals surface area contributed by atoms with Gasteiger partial charge in [0.15, 0.2) is 5.78 Å². The Morgan fingerprint density at radius 3 is 3.08 bits per heavy atom. The fourth-order valence-corrected chi connectivity index (χ4v) is 2.05. The lowest BCUT2D eigenvalue weighted by Crippen LogP contribution is -2.02. The molecule has 1 aliphatic rings. The zero-order chi connectivity index (χ0) is 8.72. The largest absolute Gasteiger partial charge is 0.477 e. The molecule has 62 valence electrons. The zero-order valence-corrected chi connectivity index (χ0v) is 6.77. The average Bonchev–Trinajstić information content (AvgIpc) is 2.53. The Hall–Kier alpha value is -1.36. The molecule has 0 saturated carbocycles. The number of thiophene rings is 1. The van der Waals surface area contributed by atoms with Crippen LogP contribution in [0, 0.1) is 0 Å². The van der Waals surface area contributed by atoms with E-state index in [4.69, 9.17) is 5.11 Å². The normalized spacial score (nSPS) is 14.2. The van der Waals surface area contributed by atoms with Crippen LogP contribution >= 0.6 is 11.3 Å². The third kappa shape index (κ3) is 0.831. The van der Waals surface area contributed by atoms with E-state index in [-0.39, 0.29) is 17.2 Å². The van der Waals surface area contributed by atoms with Gasteiger partial charge >= 0.3 is 5.97 Å². The number of Topliss-reactive ketones (excluding diaryl/α,β-unsaturated/α-hetero) is 1. The number of nitrogens with one attached hydrogen (secondary N) is 1. The Morgan fingerprint density at radius 2 is 2.42 bits per heavy atom. The maximum Gasteiger partial charge on any atom is 0.348 e. The molecule has 0 fully saturated rings. The van der Waals surface area contributed by atoms with Crippen molar-refractivity contribution in [2.24, 2.45) is 0 Å². The maximum atomic E-state index is 11.1. The summed E-state index contributed by atoms with van der Waals surface area (Å²) in [6.07, 6.45) is 0. The fourth-order valence-electron chi connectivity index (χ4n) is 1.16. The second-order valence-electron chi connectivity index (χ2n) is 2.44. The predicted octanol–water partition coefficient (Wildman–Crippen LogP) is 1.05. The minimum Gasteiger partial charge on any atom is -0.477 e. The number of carboxylic acid groups (broad SMARTS) is 1. The Bertz CT molecular complexity index is 369. The van der Waals surface area contributed by atoms with Gasteiger partial charge in [-0.05, 0) is 0 Å². The average molecular weight is 183 g/mol. The molecule has 0 aromatic carbocycles. The van der Waals surface area contributed by atoms with E-state index in [0.717, 1.165) is 11.3 Å². The van der Waals surface area contributed by atoms with Gasteiger partial charge in [0.2, 0.25) is 0 Å². The molecule has 0 radical (unpaired) electrons. The third-order valence-corrected chi connectivity index (χ3v) is 2.68. The van der Waals surface area contributed by atoms with Crippen molar-refractivity contribution in [2.75, 3.05) is 11.9 Å². The van der Waals surface area contributed by atoms with Crippen molar-refractivity contribution in [1.82, 2.24) is 0 Å². The number of carbonyl (C=O) groups excluding carboxylic acids is 1. The van der Waals surface area contributed by atoms with Gasteiger partial charge in [0, 0.05) is 5.38 Å². The summed E-state index contributed by atoms with van der Waals surface area (Å²) in [6, 6.07) is 0. The summed E-state index contributed by atoms with van der Waals surface area (Å²) in [6.45, 7) is 0.221. The van der Waals surface area contributed by atoms with Gasteiger partial charge in [-0.1, -0.05) is 0 Å². The summed E-state index contributed by atoms with van der Waals surface area (Å²) >= 11 is 1.08. The first-order chi connectivity index (χ1) is 5.70. The highest BCUT2D eigenvalue weighted by atomic mass is 32.1. The van der Waals surface area contributed by atoms with Gasteiger partial charge in [0.1, 0.15) is 4.88 Å². The molecule has 2 heterocycles. The van der Waals surface area contributed by atoms with Crippen molar-refractivity contribution in [3.05, 3.63) is 15.8 Å². The number of ketones is 1. The monoisotopic (exact) mass is 183 g/mol. The van der Waals surface area contributed by atoms with Crippen LogP contribution in [-0.2, 0) is 0 Å². The van der Waals surface area contributed by atoms with Crippen LogP contribution in [0.1, 0.15) is 20.0 Å². The number of hydrogen-bond donors (Lipinski definition) is 2. The molecule has 1 aliphatic heterocycles. The molecule has 0 saturated heterocycles. The summed E-state index contributed by atoms with van der Waals surface area (Å²) in [7, 11) is 0. The lowest BCUT2D eigenvalue weighted by atomic mass is 10.2. The molecule has 12 heavy (non-hydrogen) atoms. The molecule has 0 aliphatic carbocycles. The van der Waals surface area contributed by atoms with E-state index in [9.17, 15) is 9.59 Å². The second-order valence-corrected chi connectivity index (χ2v) is 3.32. The van der Waals surface area contributed by atoms with E-state index in [1.54, 1.807) is 5.38 Å². The Balaban J connectivity index is 2.56. The van der Waals surface area contributed by atoms with Gasteiger partial charge < -0.3 is 10.4 Å². The minimum absolute atomic E-state index is 0.0336. The van der Waals surface area contributed by atoms with Gasteiger partial charge in [0.05, 0.1) is 17.8 Å². The van der Waals surface area contributed by atoms with Crippen molar-refractivity contribution >= 4 is 28.8 Å². The van der Waals surface area contributed by atoms with E-state index >= 15 is 0 Å². The van der Waals surface area contributed by atoms with Crippen LogP contribution in [0.4, 0.5) is 5.69 Å². The van der Waals surface area contributed by atoms with E-state index in [0.29, 0.717) is 11.3 Å². The lowest BCUT2D eigenvalue weighted by molar-refractivity contribution is 0.0703. The van der Waals surface area contributed by atoms with Gasteiger partial charge in [-0.15, -0.1) is 11.3 Å². The molecular weight excluding hydrogens is 178 g/mol. The smallest absolute Gasteiger partial charge is 0.348 e. The Kier molecular flexibility index (Phi) is 1.41. The second kappa shape index (κ2) is 2.31. The minimum atomic E-state index is -0.983. The van der Waals surface area contributed by atoms with E-state index in [2.05, 4.69) is 5.32 Å². The number of fused-ring (bicyclic) bond motifs is 1. The lowest BCUT2D eigenvalue weighted by Gasteiger charge is -1.93. The highest BCUT2D eigenvalue weighted by Crippen LogP contribution is 2.32. The molecule has 4 nitrogen and oxygen atoms in total. The molecule has 5 heteroatoms. The van der Waals surface area contributed by atoms with Gasteiger partial charge in [0.25, 0.3) is 0 Å². The fraction of sp³-hybridized carbons (Fsp3) is 0.143. The standard InChI is InChI=1S/C7H5NO3S/c9-4-1-8-5-3(4)2-12-6(5)7(10)11/h2,8H,1H2,(H,10,11). The number of anilines is 1. The van der Waals surface area contributed by atoms with Crippen molar-refractivity contribution < 1.29 is 14.7 Å². The topological polar surface area (TPSA) is 66.4 Å². The van der Waals surface area contributed by atoms with Crippen LogP contribution in [0.15, 0.2) is 5.38 Å². The first-order valence-corrected chi connectivity index (χ1v) is 4.20. The van der Waals surface area contributed by atoms with Gasteiger partial charge in [-0.2, -0.15) is 0 Å². The molecule has 0 spiro atoms. The maximum absolute atomic E-state index is 11.1. The van der Waals surface area contributed by atoms with E-state index in [1.807, 2.05) is 0 Å². The first kappa shape index (κ1) is 7.30. The Morgan fingerprint density at radius 1 is 1.67 bits per heavy atom. The predicted molar refractivity (Wildman–Crippen MR) is 44.1 cm³/mol. The number of hydrogen-bond acceptors (Lipinski definition) is 4. The summed E-state index contributed by atoms with van der Waals surface area (Å²) < 4.78 is 0. The summed E-state index contributed by atoms with van der Waals surface area (Å²) in [4.78, 5) is 21.9. The Labute approximate surface area is 71.8 Å². The summed E-state index contributed by atoms with van der Waals surface area (Å²) in [5.74, 6) is -1.02. The molecule has 2 rings (SSSR count). The molecule has 0 atom stereocenters. The number of aromatic carboxylic acids is 1. The van der Waals surface area contributed by atoms with E-state index < -0.39 is 5.97 Å². The van der Waals surface area contributed by atoms with Crippen LogP contribution in [0.5, 0.6) is 0 Å².